The van der Waals surface area contributed by atoms with Gasteiger partial charge in [-0.15, -0.1) is 0 Å². The van der Waals surface area contributed by atoms with Crippen molar-refractivity contribution >= 4 is 17.5 Å². The maximum Gasteiger partial charge on any atom is 0.255 e. The number of anilines is 1. The smallest absolute Gasteiger partial charge is 0.255 e. The molecule has 7 nitrogen and oxygen atoms in total. The summed E-state index contributed by atoms with van der Waals surface area (Å²) in [6, 6.07) is 14.9. The molecule has 7 rings (SSSR count). The van der Waals surface area contributed by atoms with Crippen LogP contribution in [0.1, 0.15) is 60.3 Å². The van der Waals surface area contributed by atoms with E-state index in [1.165, 1.54) is 19.3 Å². The Kier molecular flexibility index (Phi) is 5.43. The highest BCUT2D eigenvalue weighted by Gasteiger charge is 2.54. The average Bonchev–Trinajstić information content (AvgIpc) is 3.28. The van der Waals surface area contributed by atoms with E-state index >= 15 is 0 Å². The first kappa shape index (κ1) is 22.0. The molecule has 35 heavy (non-hydrogen) atoms. The van der Waals surface area contributed by atoms with Crippen molar-refractivity contribution in [1.29, 1.82) is 0 Å². The van der Waals surface area contributed by atoms with Crippen molar-refractivity contribution in [1.82, 2.24) is 20.5 Å². The Hall–Kier alpha value is -3.48. The molecule has 0 spiro atoms. The molecule has 4 aliphatic carbocycles. The number of hydrogen-bond acceptors (Lipinski definition) is 4. The molecule has 180 valence electrons. The Morgan fingerprint density at radius 3 is 2.14 bits per heavy atom. The fraction of sp³-hybridized carbons (Fsp3) is 0.429. The van der Waals surface area contributed by atoms with Crippen LogP contribution in [0.5, 0.6) is 0 Å². The van der Waals surface area contributed by atoms with Crippen molar-refractivity contribution in [2.45, 2.75) is 52.0 Å². The summed E-state index contributed by atoms with van der Waals surface area (Å²) in [5, 5.41) is 13.1. The lowest BCUT2D eigenvalue weighted by Gasteiger charge is -2.55. The molecule has 1 heterocycles. The SMILES string of the molecule is Cc1nc(-c2ccc(NC(=O)c3ccc(CNC(=O)C45CC6CC(CC(C6)C4)C5)cc3)cc2)n[nH]1. The van der Waals surface area contributed by atoms with Crippen LogP contribution in [0, 0.1) is 30.1 Å². The molecule has 2 amide bonds. The number of rotatable bonds is 6. The third kappa shape index (κ3) is 4.35. The Bertz CT molecular complexity index is 1210. The van der Waals surface area contributed by atoms with Crippen LogP contribution in [0.4, 0.5) is 5.69 Å². The van der Waals surface area contributed by atoms with Gasteiger partial charge in [-0.05, 0) is 105 Å². The van der Waals surface area contributed by atoms with E-state index in [0.717, 1.165) is 54.0 Å². The van der Waals surface area contributed by atoms with E-state index in [1.54, 1.807) is 0 Å². The molecule has 0 atom stereocenters. The molecule has 0 saturated heterocycles. The minimum atomic E-state index is -0.171. The minimum Gasteiger partial charge on any atom is -0.352 e. The van der Waals surface area contributed by atoms with E-state index in [9.17, 15) is 9.59 Å². The number of H-pyrrole nitrogens is 1. The molecule has 2 aromatic carbocycles. The number of nitrogens with zero attached hydrogens (tertiary/aromatic N) is 2. The number of carbonyl (C=O) groups is 2. The predicted octanol–water partition coefficient (Wildman–Crippen LogP) is 4.87. The summed E-state index contributed by atoms with van der Waals surface area (Å²) in [6.45, 7) is 2.36. The maximum absolute atomic E-state index is 13.2. The van der Waals surface area contributed by atoms with Crippen molar-refractivity contribution in [3.8, 4) is 11.4 Å². The zero-order valence-corrected chi connectivity index (χ0v) is 20.0. The highest BCUT2D eigenvalue weighted by Crippen LogP contribution is 2.60. The van der Waals surface area contributed by atoms with Gasteiger partial charge in [-0.3, -0.25) is 14.7 Å². The summed E-state index contributed by atoms with van der Waals surface area (Å²) < 4.78 is 0. The second-order valence-electron chi connectivity index (χ2n) is 10.9. The number of nitrogens with one attached hydrogen (secondary N) is 3. The molecular formula is C28H31N5O2. The van der Waals surface area contributed by atoms with Crippen LogP contribution in [0.25, 0.3) is 11.4 Å². The number of carbonyl (C=O) groups excluding carboxylic acids is 2. The van der Waals surface area contributed by atoms with Crippen molar-refractivity contribution in [3.63, 3.8) is 0 Å². The number of benzene rings is 2. The molecule has 0 aliphatic heterocycles. The molecule has 4 saturated carbocycles. The molecule has 3 aromatic rings. The van der Waals surface area contributed by atoms with Gasteiger partial charge in [0.1, 0.15) is 5.82 Å². The van der Waals surface area contributed by atoms with Crippen LogP contribution in [-0.2, 0) is 11.3 Å². The Morgan fingerprint density at radius 2 is 1.57 bits per heavy atom. The van der Waals surface area contributed by atoms with Crippen molar-refractivity contribution < 1.29 is 9.59 Å². The summed E-state index contributed by atoms with van der Waals surface area (Å²) >= 11 is 0. The Morgan fingerprint density at radius 1 is 0.943 bits per heavy atom. The Labute approximate surface area is 205 Å². The van der Waals surface area contributed by atoms with Crippen LogP contribution in [0.15, 0.2) is 48.5 Å². The molecule has 0 radical (unpaired) electrons. The predicted molar refractivity (Wildman–Crippen MR) is 133 cm³/mol. The maximum atomic E-state index is 13.2. The van der Waals surface area contributed by atoms with Gasteiger partial charge in [0, 0.05) is 28.8 Å². The van der Waals surface area contributed by atoms with E-state index in [1.807, 2.05) is 55.5 Å². The fourth-order valence-corrected chi connectivity index (χ4v) is 6.91. The lowest BCUT2D eigenvalue weighted by molar-refractivity contribution is -0.146. The highest BCUT2D eigenvalue weighted by atomic mass is 16.2. The second-order valence-corrected chi connectivity index (χ2v) is 10.9. The van der Waals surface area contributed by atoms with Gasteiger partial charge in [-0.2, -0.15) is 5.10 Å². The lowest BCUT2D eigenvalue weighted by Crippen LogP contribution is -2.53. The van der Waals surface area contributed by atoms with Crippen LogP contribution in [0.3, 0.4) is 0 Å². The first-order valence-corrected chi connectivity index (χ1v) is 12.6. The summed E-state index contributed by atoms with van der Waals surface area (Å²) in [7, 11) is 0. The molecule has 4 bridgehead atoms. The summed E-state index contributed by atoms with van der Waals surface area (Å²) in [6.07, 6.45) is 7.22. The molecule has 3 N–H and O–H groups in total. The monoisotopic (exact) mass is 469 g/mol. The van der Waals surface area contributed by atoms with Crippen LogP contribution >= 0.6 is 0 Å². The molecule has 7 heteroatoms. The Balaban J connectivity index is 1.04. The third-order valence-corrected chi connectivity index (χ3v) is 8.19. The molecule has 1 aromatic heterocycles. The first-order valence-electron chi connectivity index (χ1n) is 12.6. The number of aryl methyl sites for hydroxylation is 1. The van der Waals surface area contributed by atoms with Crippen LogP contribution in [-0.4, -0.2) is 27.0 Å². The van der Waals surface area contributed by atoms with E-state index in [4.69, 9.17) is 0 Å². The van der Waals surface area contributed by atoms with Crippen LogP contribution < -0.4 is 10.6 Å². The summed E-state index contributed by atoms with van der Waals surface area (Å²) in [5.74, 6) is 3.73. The van der Waals surface area contributed by atoms with Gasteiger partial charge in [0.15, 0.2) is 5.82 Å². The van der Waals surface area contributed by atoms with Gasteiger partial charge in [-0.1, -0.05) is 12.1 Å². The van der Waals surface area contributed by atoms with Gasteiger partial charge in [0.05, 0.1) is 0 Å². The quantitative estimate of drug-likeness (QED) is 0.480. The van der Waals surface area contributed by atoms with E-state index in [0.29, 0.717) is 23.6 Å². The number of aromatic amines is 1. The highest BCUT2D eigenvalue weighted by molar-refractivity contribution is 6.04. The third-order valence-electron chi connectivity index (χ3n) is 8.19. The number of hydrogen-bond donors (Lipinski definition) is 3. The van der Waals surface area contributed by atoms with Crippen molar-refractivity contribution in [2.75, 3.05) is 5.32 Å². The summed E-state index contributed by atoms with van der Waals surface area (Å²) in [5.41, 5.74) is 3.04. The van der Waals surface area contributed by atoms with Gasteiger partial charge in [0.2, 0.25) is 5.91 Å². The van der Waals surface area contributed by atoms with E-state index in [-0.39, 0.29) is 17.2 Å². The van der Waals surface area contributed by atoms with Crippen molar-refractivity contribution in [3.05, 3.63) is 65.5 Å². The zero-order chi connectivity index (χ0) is 24.0. The van der Waals surface area contributed by atoms with Gasteiger partial charge < -0.3 is 10.6 Å². The van der Waals surface area contributed by atoms with E-state index < -0.39 is 0 Å². The second kappa shape index (κ2) is 8.63. The lowest BCUT2D eigenvalue weighted by atomic mass is 9.49. The van der Waals surface area contributed by atoms with Gasteiger partial charge in [-0.25, -0.2) is 4.98 Å². The minimum absolute atomic E-state index is 0.129. The molecule has 4 fully saturated rings. The van der Waals surface area contributed by atoms with E-state index in [2.05, 4.69) is 25.8 Å². The fourth-order valence-electron chi connectivity index (χ4n) is 6.91. The average molecular weight is 470 g/mol. The van der Waals surface area contributed by atoms with Gasteiger partial charge >= 0.3 is 0 Å². The standard InChI is InChI=1S/C28H31N5O2/c1-17-30-25(33-32-17)22-6-8-24(9-7-22)31-26(34)23-4-2-18(3-5-23)16-29-27(35)28-13-19-10-20(14-28)12-21(11-19)15-28/h2-9,19-21H,10-16H2,1H3,(H,29,35)(H,31,34)(H,30,32,33). The zero-order valence-electron chi connectivity index (χ0n) is 20.0. The van der Waals surface area contributed by atoms with Crippen molar-refractivity contribution in [2.24, 2.45) is 23.2 Å². The summed E-state index contributed by atoms with van der Waals surface area (Å²) in [4.78, 5) is 30.2. The number of aromatic nitrogens is 3. The molecule has 4 aliphatic rings. The topological polar surface area (TPSA) is 99.8 Å². The molecule has 0 unspecified atom stereocenters. The van der Waals surface area contributed by atoms with Crippen LogP contribution in [0.2, 0.25) is 0 Å². The van der Waals surface area contributed by atoms with Gasteiger partial charge in [0.25, 0.3) is 5.91 Å². The largest absolute Gasteiger partial charge is 0.352 e. The number of amides is 2. The normalized spacial score (nSPS) is 26.5. The first-order chi connectivity index (χ1) is 17.0. The molecular weight excluding hydrogens is 438 g/mol.